The zero-order valence-corrected chi connectivity index (χ0v) is 12.7. The number of anilines is 1. The third-order valence-electron chi connectivity index (χ3n) is 2.90. The third-order valence-corrected chi connectivity index (χ3v) is 3.20. The number of nitrogens with zero attached hydrogens (tertiary/aromatic N) is 2. The second-order valence-corrected chi connectivity index (χ2v) is 4.91. The predicted molar refractivity (Wildman–Crippen MR) is 83.5 cm³/mol. The highest BCUT2D eigenvalue weighted by molar-refractivity contribution is 6.33. The summed E-state index contributed by atoms with van der Waals surface area (Å²) in [7, 11) is 0. The largest absolute Gasteiger partial charge is 0.370 e. The van der Waals surface area contributed by atoms with Gasteiger partial charge in [0.15, 0.2) is 0 Å². The molecule has 1 atom stereocenters. The maximum absolute atomic E-state index is 12.3. The molecule has 0 saturated heterocycles. The van der Waals surface area contributed by atoms with Gasteiger partial charge in [-0.15, -0.1) is 0 Å². The van der Waals surface area contributed by atoms with E-state index in [1.54, 1.807) is 18.3 Å². The Morgan fingerprint density at radius 3 is 2.81 bits per heavy atom. The van der Waals surface area contributed by atoms with Gasteiger partial charge in [-0.2, -0.15) is 0 Å². The molecular weight excluding hydrogens is 288 g/mol. The fraction of sp³-hybridized carbons (Fsp3) is 0.267. The van der Waals surface area contributed by atoms with Crippen molar-refractivity contribution in [2.24, 2.45) is 0 Å². The van der Waals surface area contributed by atoms with Gasteiger partial charge in [-0.1, -0.05) is 17.7 Å². The Balaban J connectivity index is 2.14. The van der Waals surface area contributed by atoms with E-state index in [0.717, 1.165) is 12.2 Å². The SMILES string of the molecule is CCNc1ccc(Cl)c(C(=O)NC(C)c2ccccn2)n1. The van der Waals surface area contributed by atoms with Crippen LogP contribution in [0.15, 0.2) is 36.5 Å². The van der Waals surface area contributed by atoms with Crippen LogP contribution < -0.4 is 10.6 Å². The molecule has 2 N–H and O–H groups in total. The molecule has 2 heterocycles. The maximum atomic E-state index is 12.3. The lowest BCUT2D eigenvalue weighted by atomic mass is 10.2. The standard InChI is InChI=1S/C15H17ClN4O/c1-3-17-13-8-7-11(16)14(20-13)15(21)19-10(2)12-6-4-5-9-18-12/h4-10H,3H2,1-2H3,(H,17,20)(H,19,21). The van der Waals surface area contributed by atoms with E-state index in [0.29, 0.717) is 10.8 Å². The van der Waals surface area contributed by atoms with Crippen molar-refractivity contribution in [2.75, 3.05) is 11.9 Å². The van der Waals surface area contributed by atoms with Crippen LogP contribution in [-0.4, -0.2) is 22.4 Å². The van der Waals surface area contributed by atoms with E-state index >= 15 is 0 Å². The summed E-state index contributed by atoms with van der Waals surface area (Å²) in [4.78, 5) is 20.7. The van der Waals surface area contributed by atoms with Crippen molar-refractivity contribution in [3.05, 3.63) is 52.9 Å². The Hall–Kier alpha value is -2.14. The van der Waals surface area contributed by atoms with Gasteiger partial charge in [0.25, 0.3) is 5.91 Å². The molecule has 5 nitrogen and oxygen atoms in total. The van der Waals surface area contributed by atoms with Crippen molar-refractivity contribution in [1.29, 1.82) is 0 Å². The summed E-state index contributed by atoms with van der Waals surface area (Å²) >= 11 is 6.05. The number of nitrogens with one attached hydrogen (secondary N) is 2. The zero-order chi connectivity index (χ0) is 15.2. The Labute approximate surface area is 128 Å². The molecule has 2 aromatic heterocycles. The Bertz CT molecular complexity index is 618. The molecule has 2 aromatic rings. The quantitative estimate of drug-likeness (QED) is 0.891. The lowest BCUT2D eigenvalue weighted by Gasteiger charge is -2.14. The minimum atomic E-state index is -0.321. The maximum Gasteiger partial charge on any atom is 0.272 e. The Morgan fingerprint density at radius 2 is 2.14 bits per heavy atom. The van der Waals surface area contributed by atoms with Crippen LogP contribution in [0.25, 0.3) is 0 Å². The third kappa shape index (κ3) is 3.92. The fourth-order valence-corrected chi connectivity index (χ4v) is 2.04. The van der Waals surface area contributed by atoms with Crippen molar-refractivity contribution in [1.82, 2.24) is 15.3 Å². The first-order valence-corrected chi connectivity index (χ1v) is 7.11. The highest BCUT2D eigenvalue weighted by atomic mass is 35.5. The molecule has 0 radical (unpaired) electrons. The summed E-state index contributed by atoms with van der Waals surface area (Å²) in [5.74, 6) is 0.301. The van der Waals surface area contributed by atoms with Crippen LogP contribution in [-0.2, 0) is 0 Å². The van der Waals surface area contributed by atoms with E-state index in [-0.39, 0.29) is 17.6 Å². The number of rotatable bonds is 5. The van der Waals surface area contributed by atoms with Gasteiger partial charge in [0.1, 0.15) is 11.5 Å². The van der Waals surface area contributed by atoms with E-state index in [1.807, 2.05) is 32.0 Å². The van der Waals surface area contributed by atoms with Gasteiger partial charge in [-0.05, 0) is 38.1 Å². The topological polar surface area (TPSA) is 66.9 Å². The fourth-order valence-electron chi connectivity index (χ4n) is 1.85. The minimum Gasteiger partial charge on any atom is -0.370 e. The molecule has 2 rings (SSSR count). The number of halogens is 1. The molecule has 0 aliphatic rings. The number of carbonyl (C=O) groups is 1. The van der Waals surface area contributed by atoms with Gasteiger partial charge >= 0.3 is 0 Å². The zero-order valence-electron chi connectivity index (χ0n) is 11.9. The number of amides is 1. The lowest BCUT2D eigenvalue weighted by molar-refractivity contribution is 0.0934. The van der Waals surface area contributed by atoms with E-state index in [9.17, 15) is 4.79 Å². The Morgan fingerprint density at radius 1 is 1.33 bits per heavy atom. The molecule has 110 valence electrons. The highest BCUT2D eigenvalue weighted by Crippen LogP contribution is 2.18. The van der Waals surface area contributed by atoms with Crippen molar-refractivity contribution in [3.8, 4) is 0 Å². The first-order valence-electron chi connectivity index (χ1n) is 6.74. The number of carbonyl (C=O) groups excluding carboxylic acids is 1. The van der Waals surface area contributed by atoms with Gasteiger partial charge in [0, 0.05) is 12.7 Å². The molecule has 0 bridgehead atoms. The molecular formula is C15H17ClN4O. The molecule has 6 heteroatoms. The van der Waals surface area contributed by atoms with Gasteiger partial charge in [0.2, 0.25) is 0 Å². The summed E-state index contributed by atoms with van der Waals surface area (Å²) in [6.45, 7) is 4.54. The lowest BCUT2D eigenvalue weighted by Crippen LogP contribution is -2.28. The summed E-state index contributed by atoms with van der Waals surface area (Å²) < 4.78 is 0. The number of pyridine rings is 2. The molecule has 1 unspecified atom stereocenters. The van der Waals surface area contributed by atoms with Crippen LogP contribution in [0.5, 0.6) is 0 Å². The van der Waals surface area contributed by atoms with Crippen molar-refractivity contribution in [2.45, 2.75) is 19.9 Å². The van der Waals surface area contributed by atoms with Gasteiger partial charge in [-0.3, -0.25) is 9.78 Å². The van der Waals surface area contributed by atoms with E-state index < -0.39 is 0 Å². The summed E-state index contributed by atoms with van der Waals surface area (Å²) in [6.07, 6.45) is 1.69. The number of hydrogen-bond donors (Lipinski definition) is 2. The van der Waals surface area contributed by atoms with Gasteiger partial charge in [0.05, 0.1) is 16.8 Å². The smallest absolute Gasteiger partial charge is 0.272 e. The number of aromatic nitrogens is 2. The molecule has 21 heavy (non-hydrogen) atoms. The van der Waals surface area contributed by atoms with Crippen LogP contribution in [0.4, 0.5) is 5.82 Å². The van der Waals surface area contributed by atoms with Crippen molar-refractivity contribution in [3.63, 3.8) is 0 Å². The molecule has 0 aliphatic heterocycles. The van der Waals surface area contributed by atoms with Crippen LogP contribution in [0.1, 0.15) is 36.1 Å². The summed E-state index contributed by atoms with van der Waals surface area (Å²) in [6, 6.07) is 8.74. The van der Waals surface area contributed by atoms with Gasteiger partial charge < -0.3 is 10.6 Å². The minimum absolute atomic E-state index is 0.206. The first-order chi connectivity index (χ1) is 10.1. The highest BCUT2D eigenvalue weighted by Gasteiger charge is 2.16. The van der Waals surface area contributed by atoms with E-state index in [4.69, 9.17) is 11.6 Å². The molecule has 0 aliphatic carbocycles. The second-order valence-electron chi connectivity index (χ2n) is 4.51. The van der Waals surface area contributed by atoms with Gasteiger partial charge in [-0.25, -0.2) is 4.98 Å². The monoisotopic (exact) mass is 304 g/mol. The van der Waals surface area contributed by atoms with E-state index in [2.05, 4.69) is 20.6 Å². The Kier molecular flexibility index (Phi) is 5.11. The number of hydrogen-bond acceptors (Lipinski definition) is 4. The summed E-state index contributed by atoms with van der Waals surface area (Å²) in [5, 5.41) is 6.22. The second kappa shape index (κ2) is 7.04. The van der Waals surface area contributed by atoms with Crippen LogP contribution >= 0.6 is 11.6 Å². The summed E-state index contributed by atoms with van der Waals surface area (Å²) in [5.41, 5.74) is 0.989. The van der Waals surface area contributed by atoms with E-state index in [1.165, 1.54) is 0 Å². The normalized spacial score (nSPS) is 11.8. The first kappa shape index (κ1) is 15.3. The van der Waals surface area contributed by atoms with Crippen LogP contribution in [0.3, 0.4) is 0 Å². The van der Waals surface area contributed by atoms with Crippen LogP contribution in [0, 0.1) is 0 Å². The molecule has 0 aromatic carbocycles. The predicted octanol–water partition coefficient (Wildman–Crippen LogP) is 3.05. The average Bonchev–Trinajstić information content (AvgIpc) is 2.50. The average molecular weight is 305 g/mol. The molecule has 0 spiro atoms. The molecule has 0 saturated carbocycles. The van der Waals surface area contributed by atoms with Crippen LogP contribution in [0.2, 0.25) is 5.02 Å². The molecule has 0 fully saturated rings. The van der Waals surface area contributed by atoms with Crippen molar-refractivity contribution >= 4 is 23.3 Å². The van der Waals surface area contributed by atoms with Crippen molar-refractivity contribution < 1.29 is 4.79 Å². The molecule has 1 amide bonds.